The number of rotatable bonds is 4. The van der Waals surface area contributed by atoms with Crippen LogP contribution in [-0.4, -0.2) is 24.1 Å². The third kappa shape index (κ3) is 4.64. The zero-order chi connectivity index (χ0) is 18.0. The highest BCUT2D eigenvalue weighted by molar-refractivity contribution is 9.10. The number of anilines is 1. The molecule has 1 aromatic carbocycles. The Balaban J connectivity index is 2.18. The summed E-state index contributed by atoms with van der Waals surface area (Å²) in [5.41, 5.74) is 1.59. The number of hydrogen-bond donors (Lipinski definition) is 1. The van der Waals surface area contributed by atoms with Gasteiger partial charge in [-0.1, -0.05) is 12.1 Å². The molecule has 2 aromatic rings. The maximum atomic E-state index is 12.3. The third-order valence-corrected chi connectivity index (χ3v) is 6.45. The number of halogens is 1. The minimum atomic E-state index is -3.28. The smallest absolute Gasteiger partial charge is 0.257 e. The van der Waals surface area contributed by atoms with Crippen molar-refractivity contribution in [2.45, 2.75) is 31.3 Å². The van der Waals surface area contributed by atoms with Crippen molar-refractivity contribution < 1.29 is 13.2 Å². The van der Waals surface area contributed by atoms with E-state index in [1.54, 1.807) is 57.3 Å². The summed E-state index contributed by atoms with van der Waals surface area (Å²) in [4.78, 5) is 16.2. The van der Waals surface area contributed by atoms with Crippen molar-refractivity contribution in [3.63, 3.8) is 0 Å². The van der Waals surface area contributed by atoms with Crippen molar-refractivity contribution in [3.05, 3.63) is 58.3 Å². The summed E-state index contributed by atoms with van der Waals surface area (Å²) in [6.07, 6.45) is 3.06. The number of hydrogen-bond acceptors (Lipinski definition) is 4. The molecule has 1 aromatic heterocycles. The van der Waals surface area contributed by atoms with E-state index in [1.165, 1.54) is 6.20 Å². The number of nitrogens with one attached hydrogen (secondary N) is 1. The van der Waals surface area contributed by atoms with Gasteiger partial charge in [-0.15, -0.1) is 0 Å². The van der Waals surface area contributed by atoms with E-state index in [-0.39, 0.29) is 11.7 Å². The lowest BCUT2D eigenvalue weighted by Crippen LogP contribution is -2.29. The maximum Gasteiger partial charge on any atom is 0.257 e. The summed E-state index contributed by atoms with van der Waals surface area (Å²) >= 11 is 3.27. The van der Waals surface area contributed by atoms with Crippen LogP contribution in [0.15, 0.2) is 47.2 Å². The molecule has 0 aliphatic rings. The Hall–Kier alpha value is -1.73. The van der Waals surface area contributed by atoms with E-state index in [1.807, 2.05) is 0 Å². The Morgan fingerprint density at radius 2 is 1.92 bits per heavy atom. The van der Waals surface area contributed by atoms with Gasteiger partial charge in [-0.2, -0.15) is 0 Å². The van der Waals surface area contributed by atoms with E-state index in [9.17, 15) is 13.2 Å². The first-order valence-electron chi connectivity index (χ1n) is 7.32. The summed E-state index contributed by atoms with van der Waals surface area (Å²) < 4.78 is 24.5. The van der Waals surface area contributed by atoms with Gasteiger partial charge in [0.25, 0.3) is 5.91 Å². The predicted octanol–water partition coefficient (Wildman–Crippen LogP) is 3.81. The molecule has 7 heteroatoms. The highest BCUT2D eigenvalue weighted by Crippen LogP contribution is 2.22. The molecule has 1 N–H and O–H groups in total. The van der Waals surface area contributed by atoms with Crippen LogP contribution in [0.5, 0.6) is 0 Å². The number of carbonyl (C=O) groups is 1. The van der Waals surface area contributed by atoms with Gasteiger partial charge in [0.05, 0.1) is 16.1 Å². The second kappa shape index (κ2) is 7.03. The van der Waals surface area contributed by atoms with Gasteiger partial charge in [0.15, 0.2) is 9.84 Å². The lowest BCUT2D eigenvalue weighted by molar-refractivity contribution is 0.102. The molecule has 0 saturated carbocycles. The fraction of sp³-hybridized carbons (Fsp3) is 0.294. The number of carbonyl (C=O) groups excluding carboxylic acids is 1. The largest absolute Gasteiger partial charge is 0.322 e. The van der Waals surface area contributed by atoms with Crippen molar-refractivity contribution >= 4 is 37.4 Å². The topological polar surface area (TPSA) is 76.1 Å². The van der Waals surface area contributed by atoms with E-state index in [0.29, 0.717) is 21.3 Å². The van der Waals surface area contributed by atoms with Crippen LogP contribution >= 0.6 is 15.9 Å². The van der Waals surface area contributed by atoms with Crippen molar-refractivity contribution in [3.8, 4) is 0 Å². The number of amides is 1. The van der Waals surface area contributed by atoms with Gasteiger partial charge >= 0.3 is 0 Å². The molecule has 0 fully saturated rings. The minimum absolute atomic E-state index is 0.0708. The van der Waals surface area contributed by atoms with Crippen LogP contribution in [0.4, 0.5) is 5.69 Å². The van der Waals surface area contributed by atoms with E-state index >= 15 is 0 Å². The Morgan fingerprint density at radius 3 is 2.54 bits per heavy atom. The SMILES string of the molecule is CC(C)(C)S(=O)(=O)Cc1cccc(NC(=O)c2cncc(Br)c2)c1. The zero-order valence-corrected chi connectivity index (χ0v) is 16.1. The zero-order valence-electron chi connectivity index (χ0n) is 13.7. The lowest BCUT2D eigenvalue weighted by atomic mass is 10.2. The molecule has 0 saturated heterocycles. The van der Waals surface area contributed by atoms with E-state index in [0.717, 1.165) is 0 Å². The standard InChI is InChI=1S/C17H19BrN2O3S/c1-17(2,3)24(22,23)11-12-5-4-6-15(7-12)20-16(21)13-8-14(18)10-19-9-13/h4-10H,11H2,1-3H3,(H,20,21). The maximum absolute atomic E-state index is 12.3. The molecule has 0 bridgehead atoms. The van der Waals surface area contributed by atoms with Crippen LogP contribution in [0.1, 0.15) is 36.7 Å². The fourth-order valence-electron chi connectivity index (χ4n) is 1.91. The molecule has 128 valence electrons. The minimum Gasteiger partial charge on any atom is -0.322 e. The van der Waals surface area contributed by atoms with Gasteiger partial charge in [-0.05, 0) is 60.5 Å². The Bertz CT molecular complexity index is 858. The lowest BCUT2D eigenvalue weighted by Gasteiger charge is -2.19. The van der Waals surface area contributed by atoms with E-state index < -0.39 is 14.6 Å². The second-order valence-corrected chi connectivity index (χ2v) is 10.1. The number of sulfone groups is 1. The fourth-order valence-corrected chi connectivity index (χ4v) is 3.33. The first kappa shape index (κ1) is 18.6. The first-order valence-corrected chi connectivity index (χ1v) is 9.76. The summed E-state index contributed by atoms with van der Waals surface area (Å²) in [5.74, 6) is -0.377. The molecule has 0 unspecified atom stereocenters. The number of benzene rings is 1. The van der Waals surface area contributed by atoms with Crippen molar-refractivity contribution in [1.82, 2.24) is 4.98 Å². The number of pyridine rings is 1. The van der Waals surface area contributed by atoms with Gasteiger partial charge in [0.2, 0.25) is 0 Å². The van der Waals surface area contributed by atoms with Gasteiger partial charge in [0, 0.05) is 22.6 Å². The molecule has 0 spiro atoms. The summed E-state index contributed by atoms with van der Waals surface area (Å²) in [6.45, 7) is 5.02. The third-order valence-electron chi connectivity index (χ3n) is 3.44. The molecule has 0 atom stereocenters. The van der Waals surface area contributed by atoms with Crippen LogP contribution in [0.2, 0.25) is 0 Å². The van der Waals surface area contributed by atoms with Gasteiger partial charge in [0.1, 0.15) is 0 Å². The molecule has 1 heterocycles. The quantitative estimate of drug-likeness (QED) is 0.830. The average Bonchev–Trinajstić information content (AvgIpc) is 2.46. The Kier molecular flexibility index (Phi) is 5.45. The van der Waals surface area contributed by atoms with E-state index in [2.05, 4.69) is 26.2 Å². The summed E-state index contributed by atoms with van der Waals surface area (Å²) in [5, 5.41) is 2.76. The molecular weight excluding hydrogens is 392 g/mol. The predicted molar refractivity (Wildman–Crippen MR) is 98.7 cm³/mol. The van der Waals surface area contributed by atoms with E-state index in [4.69, 9.17) is 0 Å². The van der Waals surface area contributed by atoms with Crippen molar-refractivity contribution in [2.75, 3.05) is 5.32 Å². The van der Waals surface area contributed by atoms with Crippen LogP contribution in [0, 0.1) is 0 Å². The molecule has 0 aliphatic heterocycles. The summed E-state index contributed by atoms with van der Waals surface area (Å²) in [6, 6.07) is 8.52. The highest BCUT2D eigenvalue weighted by atomic mass is 79.9. The molecular formula is C17H19BrN2O3S. The van der Waals surface area contributed by atoms with Crippen molar-refractivity contribution in [2.24, 2.45) is 0 Å². The summed E-state index contributed by atoms with van der Waals surface area (Å²) in [7, 11) is -3.28. The van der Waals surface area contributed by atoms with Gasteiger partial charge in [-0.25, -0.2) is 8.42 Å². The molecule has 1 amide bonds. The number of aromatic nitrogens is 1. The Labute approximate surface area is 150 Å². The molecule has 24 heavy (non-hydrogen) atoms. The van der Waals surface area contributed by atoms with Gasteiger partial charge in [-0.3, -0.25) is 9.78 Å². The molecule has 2 rings (SSSR count). The number of nitrogens with zero attached hydrogens (tertiary/aromatic N) is 1. The first-order chi connectivity index (χ1) is 11.1. The van der Waals surface area contributed by atoms with Crippen LogP contribution < -0.4 is 5.32 Å². The van der Waals surface area contributed by atoms with Crippen LogP contribution in [0.25, 0.3) is 0 Å². The normalized spacial score (nSPS) is 12.0. The average molecular weight is 411 g/mol. The van der Waals surface area contributed by atoms with Crippen LogP contribution in [-0.2, 0) is 15.6 Å². The second-order valence-electron chi connectivity index (χ2n) is 6.42. The molecule has 0 aliphatic carbocycles. The van der Waals surface area contributed by atoms with Gasteiger partial charge < -0.3 is 5.32 Å². The molecule has 0 radical (unpaired) electrons. The molecule has 5 nitrogen and oxygen atoms in total. The van der Waals surface area contributed by atoms with Crippen molar-refractivity contribution in [1.29, 1.82) is 0 Å². The highest BCUT2D eigenvalue weighted by Gasteiger charge is 2.29. The Morgan fingerprint density at radius 1 is 1.21 bits per heavy atom. The monoisotopic (exact) mass is 410 g/mol. The van der Waals surface area contributed by atoms with Crippen LogP contribution in [0.3, 0.4) is 0 Å².